The number of piperidine rings is 1. The molecule has 2 aromatic rings. The van der Waals surface area contributed by atoms with Gasteiger partial charge in [0, 0.05) is 37.4 Å². The number of hydrogen-bond acceptors (Lipinski definition) is 4. The summed E-state index contributed by atoms with van der Waals surface area (Å²) in [7, 11) is 0. The number of carbonyl (C=O) groups is 1. The third-order valence-corrected chi connectivity index (χ3v) is 5.84. The van der Waals surface area contributed by atoms with Crippen molar-refractivity contribution in [2.75, 3.05) is 24.5 Å². The number of pyridine rings is 1. The number of aryl methyl sites for hydroxylation is 1. The van der Waals surface area contributed by atoms with Gasteiger partial charge in [0.1, 0.15) is 17.2 Å². The highest BCUT2D eigenvalue weighted by atomic mass is 19.1. The highest BCUT2D eigenvalue weighted by Crippen LogP contribution is 2.39. The maximum atomic E-state index is 15.3. The van der Waals surface area contributed by atoms with Gasteiger partial charge in [0.05, 0.1) is 16.6 Å². The van der Waals surface area contributed by atoms with Gasteiger partial charge >= 0.3 is 5.97 Å². The molecule has 0 radical (unpaired) electrons. The minimum atomic E-state index is -1.32. The second kappa shape index (κ2) is 7.26. The van der Waals surface area contributed by atoms with Crippen LogP contribution in [0.3, 0.4) is 0 Å². The summed E-state index contributed by atoms with van der Waals surface area (Å²) in [6.45, 7) is 2.12. The van der Waals surface area contributed by atoms with Crippen molar-refractivity contribution < 1.29 is 18.7 Å². The highest BCUT2D eigenvalue weighted by molar-refractivity contribution is 5.95. The number of fused-ring (bicyclic) bond motifs is 1. The molecule has 1 saturated carbocycles. The van der Waals surface area contributed by atoms with E-state index in [1.54, 1.807) is 15.5 Å². The second-order valence-corrected chi connectivity index (χ2v) is 7.78. The number of carboxylic acid groups (broad SMARTS) is 1. The quantitative estimate of drug-likeness (QED) is 0.818. The largest absolute Gasteiger partial charge is 0.477 e. The lowest BCUT2D eigenvalue weighted by Gasteiger charge is -2.32. The van der Waals surface area contributed by atoms with Gasteiger partial charge in [0.25, 0.3) is 0 Å². The fourth-order valence-corrected chi connectivity index (χ4v) is 4.13. The molecule has 3 N–H and O–H groups in total. The van der Waals surface area contributed by atoms with Gasteiger partial charge in [-0.25, -0.2) is 13.6 Å². The number of rotatable bonds is 4. The van der Waals surface area contributed by atoms with E-state index in [-0.39, 0.29) is 41.5 Å². The Hall–Kier alpha value is -2.74. The minimum absolute atomic E-state index is 0.0963. The van der Waals surface area contributed by atoms with E-state index in [2.05, 4.69) is 0 Å². The molecule has 29 heavy (non-hydrogen) atoms. The van der Waals surface area contributed by atoms with Crippen LogP contribution in [0.2, 0.25) is 0 Å². The summed E-state index contributed by atoms with van der Waals surface area (Å²) in [6.07, 6.45) is 4.37. The molecule has 1 aromatic heterocycles. The summed E-state index contributed by atoms with van der Waals surface area (Å²) in [5, 5.41) is 9.51. The van der Waals surface area contributed by atoms with Crippen LogP contribution in [-0.2, 0) is 0 Å². The molecule has 1 aromatic carbocycles. The normalized spacial score (nSPS) is 19.0. The zero-order valence-corrected chi connectivity index (χ0v) is 16.2. The van der Waals surface area contributed by atoms with Crippen molar-refractivity contribution in [3.05, 3.63) is 50.8 Å². The molecule has 4 rings (SSSR count). The van der Waals surface area contributed by atoms with Crippen molar-refractivity contribution in [3.63, 3.8) is 0 Å². The van der Waals surface area contributed by atoms with E-state index >= 15 is 4.39 Å². The van der Waals surface area contributed by atoms with Crippen LogP contribution in [0, 0.1) is 12.7 Å². The van der Waals surface area contributed by atoms with Crippen LogP contribution in [0.25, 0.3) is 10.9 Å². The zero-order valence-electron chi connectivity index (χ0n) is 16.2. The Balaban J connectivity index is 1.93. The van der Waals surface area contributed by atoms with Crippen LogP contribution in [0.1, 0.15) is 47.6 Å². The van der Waals surface area contributed by atoms with E-state index in [1.165, 1.54) is 13.1 Å². The Bertz CT molecular complexity index is 1100. The second-order valence-electron chi connectivity index (χ2n) is 7.78. The predicted molar refractivity (Wildman–Crippen MR) is 107 cm³/mol. The molecule has 0 amide bonds. The van der Waals surface area contributed by atoms with Gasteiger partial charge in [-0.3, -0.25) is 4.79 Å². The molecular weight excluding hydrogens is 380 g/mol. The zero-order chi connectivity index (χ0) is 20.9. The van der Waals surface area contributed by atoms with Crippen molar-refractivity contribution in [1.29, 1.82) is 0 Å². The molecule has 0 atom stereocenters. The molecule has 2 fully saturated rings. The third kappa shape index (κ3) is 3.31. The van der Waals surface area contributed by atoms with E-state index in [0.717, 1.165) is 12.8 Å². The molecular formula is C21H23F2N3O3. The highest BCUT2D eigenvalue weighted by Gasteiger charge is 2.30. The van der Waals surface area contributed by atoms with Gasteiger partial charge < -0.3 is 20.3 Å². The summed E-state index contributed by atoms with van der Waals surface area (Å²) < 4.78 is 31.1. The van der Waals surface area contributed by atoms with Gasteiger partial charge in [-0.2, -0.15) is 0 Å². The van der Waals surface area contributed by atoms with Crippen LogP contribution in [-0.4, -0.2) is 35.3 Å². The minimum Gasteiger partial charge on any atom is -0.477 e. The van der Waals surface area contributed by atoms with Crippen LogP contribution >= 0.6 is 0 Å². The molecule has 1 aliphatic heterocycles. The first-order valence-corrected chi connectivity index (χ1v) is 9.76. The van der Waals surface area contributed by atoms with E-state index in [1.807, 2.05) is 0 Å². The topological polar surface area (TPSA) is 88.6 Å². The maximum absolute atomic E-state index is 15.3. The fraction of sp³-hybridized carbons (Fsp3) is 0.429. The predicted octanol–water partition coefficient (Wildman–Crippen LogP) is 3.26. The van der Waals surface area contributed by atoms with E-state index < -0.39 is 17.2 Å². The van der Waals surface area contributed by atoms with Crippen molar-refractivity contribution in [2.45, 2.75) is 38.6 Å². The molecule has 154 valence electrons. The van der Waals surface area contributed by atoms with Gasteiger partial charge in [-0.05, 0) is 44.2 Å². The Morgan fingerprint density at radius 3 is 2.72 bits per heavy atom. The summed E-state index contributed by atoms with van der Waals surface area (Å²) in [6, 6.07) is 1.70. The molecule has 8 heteroatoms. The number of aromatic nitrogens is 1. The van der Waals surface area contributed by atoms with Crippen LogP contribution in [0.5, 0.6) is 0 Å². The number of aromatic carboxylic acids is 1. The number of nitrogens with zero attached hydrogens (tertiary/aromatic N) is 2. The Morgan fingerprint density at radius 1 is 1.38 bits per heavy atom. The molecule has 0 spiro atoms. The lowest BCUT2D eigenvalue weighted by Crippen LogP contribution is -2.33. The first-order valence-electron chi connectivity index (χ1n) is 9.76. The summed E-state index contributed by atoms with van der Waals surface area (Å²) in [5.41, 5.74) is 5.89. The first kappa shape index (κ1) is 19.6. The monoisotopic (exact) mass is 403 g/mol. The van der Waals surface area contributed by atoms with Crippen LogP contribution in [0.4, 0.5) is 14.5 Å². The van der Waals surface area contributed by atoms with Gasteiger partial charge in [0.2, 0.25) is 5.43 Å². The Morgan fingerprint density at radius 2 is 2.10 bits per heavy atom. The maximum Gasteiger partial charge on any atom is 0.341 e. The number of nitrogens with two attached hydrogens (primary N) is 1. The van der Waals surface area contributed by atoms with Gasteiger partial charge in [-0.1, -0.05) is 0 Å². The number of hydrogen-bond donors (Lipinski definition) is 2. The standard InChI is InChI=1S/C21H23F2N3O3/c1-11-18-16(26(13-4-5-13)10-14(20(18)27)21(28)29)7-17(19(11)23)25-6-2-3-12(9-25)15(22)8-24/h7,10,13H,2-6,8-9,24H2,1H3,(H,28,29)/b15-12+. The number of halogens is 2. The lowest BCUT2D eigenvalue weighted by molar-refractivity contribution is 0.0695. The van der Waals surface area contributed by atoms with E-state index in [4.69, 9.17) is 5.73 Å². The van der Waals surface area contributed by atoms with Crippen molar-refractivity contribution >= 4 is 22.6 Å². The van der Waals surface area contributed by atoms with Crippen molar-refractivity contribution in [2.24, 2.45) is 5.73 Å². The van der Waals surface area contributed by atoms with Crippen molar-refractivity contribution in [3.8, 4) is 0 Å². The SMILES string of the molecule is Cc1c(F)c(N2CCC/C(=C(\F)CN)C2)cc2c1c(=O)c(C(=O)O)cn2C1CC1. The Kier molecular flexibility index (Phi) is 4.90. The van der Waals surface area contributed by atoms with Crippen LogP contribution in [0.15, 0.2) is 28.5 Å². The van der Waals surface area contributed by atoms with E-state index in [0.29, 0.717) is 36.2 Å². The molecule has 1 saturated heterocycles. The molecule has 6 nitrogen and oxygen atoms in total. The average Bonchev–Trinajstić information content (AvgIpc) is 3.55. The molecule has 2 heterocycles. The summed E-state index contributed by atoms with van der Waals surface area (Å²) >= 11 is 0. The molecule has 0 bridgehead atoms. The molecule has 0 unspecified atom stereocenters. The summed E-state index contributed by atoms with van der Waals surface area (Å²) in [4.78, 5) is 26.1. The number of carboxylic acids is 1. The van der Waals surface area contributed by atoms with E-state index in [9.17, 15) is 19.1 Å². The average molecular weight is 403 g/mol. The first-order chi connectivity index (χ1) is 13.8. The molecule has 1 aliphatic carbocycles. The summed E-state index contributed by atoms with van der Waals surface area (Å²) in [5.74, 6) is -2.26. The number of benzene rings is 1. The fourth-order valence-electron chi connectivity index (χ4n) is 4.13. The van der Waals surface area contributed by atoms with Crippen LogP contribution < -0.4 is 16.1 Å². The van der Waals surface area contributed by atoms with Gasteiger partial charge in [0.15, 0.2) is 0 Å². The number of anilines is 1. The smallest absolute Gasteiger partial charge is 0.341 e. The van der Waals surface area contributed by atoms with Gasteiger partial charge in [-0.15, -0.1) is 0 Å². The Labute approximate surface area is 166 Å². The molecule has 2 aliphatic rings. The third-order valence-electron chi connectivity index (χ3n) is 5.84. The van der Waals surface area contributed by atoms with Crippen molar-refractivity contribution in [1.82, 2.24) is 4.57 Å². The lowest BCUT2D eigenvalue weighted by atomic mass is 10.00.